The van der Waals surface area contributed by atoms with Crippen LogP contribution in [0.15, 0.2) is 63.7 Å². The van der Waals surface area contributed by atoms with Crippen LogP contribution in [0.25, 0.3) is 6.08 Å². The van der Waals surface area contributed by atoms with E-state index in [0.717, 1.165) is 17.3 Å². The minimum atomic E-state index is -0.360. The van der Waals surface area contributed by atoms with Crippen molar-refractivity contribution in [3.8, 4) is 5.75 Å². The minimum Gasteiger partial charge on any atom is -0.497 e. The van der Waals surface area contributed by atoms with Crippen LogP contribution in [0.5, 0.6) is 5.75 Å². The number of hydrogen-bond donors (Lipinski definition) is 1. The summed E-state index contributed by atoms with van der Waals surface area (Å²) in [5, 5.41) is 6.57. The second-order valence-electron chi connectivity index (χ2n) is 8.07. The summed E-state index contributed by atoms with van der Waals surface area (Å²) in [6.07, 6.45) is 1.74. The Balaban J connectivity index is 1.59. The number of nitrogens with zero attached hydrogens (tertiary/aromatic N) is 4. The number of methoxy groups -OCH3 is 1. The fourth-order valence-corrected chi connectivity index (χ4v) is 4.15. The van der Waals surface area contributed by atoms with Gasteiger partial charge in [0.1, 0.15) is 11.4 Å². The molecule has 0 saturated carbocycles. The lowest BCUT2D eigenvalue weighted by Crippen LogP contribution is -2.31. The van der Waals surface area contributed by atoms with Gasteiger partial charge in [0.15, 0.2) is 11.0 Å². The molecule has 35 heavy (non-hydrogen) atoms. The second kappa shape index (κ2) is 10.6. The Bertz CT molecular complexity index is 1300. The van der Waals surface area contributed by atoms with Gasteiger partial charge in [-0.1, -0.05) is 61.1 Å². The van der Waals surface area contributed by atoms with E-state index in [0.29, 0.717) is 28.3 Å². The smallest absolute Gasteiger partial charge is 0.328 e. The first-order valence-electron chi connectivity index (χ1n) is 11.0. The van der Waals surface area contributed by atoms with Crippen molar-refractivity contribution in [2.45, 2.75) is 26.7 Å². The predicted molar refractivity (Wildman–Crippen MR) is 137 cm³/mol. The molecule has 0 atom stereocenters. The van der Waals surface area contributed by atoms with Crippen LogP contribution in [0.1, 0.15) is 36.7 Å². The van der Waals surface area contributed by atoms with E-state index in [1.807, 2.05) is 24.3 Å². The molecule has 2 amide bonds. The highest BCUT2D eigenvalue weighted by molar-refractivity contribution is 8.14. The number of nitrogens with one attached hydrogen (secondary N) is 1. The summed E-state index contributed by atoms with van der Waals surface area (Å²) < 4.78 is 10.2. The summed E-state index contributed by atoms with van der Waals surface area (Å²) >= 11 is 1.13. The molecule has 10 heteroatoms. The lowest BCUT2D eigenvalue weighted by molar-refractivity contribution is -0.114. The van der Waals surface area contributed by atoms with Gasteiger partial charge in [0, 0.05) is 6.07 Å². The summed E-state index contributed by atoms with van der Waals surface area (Å²) in [5.41, 5.74) is 2.94. The first kappa shape index (κ1) is 24.2. The minimum absolute atomic E-state index is 0.00955. The maximum Gasteiger partial charge on any atom is 0.328 e. The zero-order valence-corrected chi connectivity index (χ0v) is 20.6. The Labute approximate surface area is 207 Å². The predicted octanol–water partition coefficient (Wildman–Crippen LogP) is 4.63. The van der Waals surface area contributed by atoms with Gasteiger partial charge in [-0.25, -0.2) is 4.99 Å². The molecule has 3 aromatic rings. The molecular weight excluding hydrogens is 466 g/mol. The molecule has 0 unspecified atom stereocenters. The van der Waals surface area contributed by atoms with Gasteiger partial charge in [-0.15, -0.1) is 0 Å². The van der Waals surface area contributed by atoms with E-state index in [1.165, 1.54) is 10.5 Å². The molecule has 2 heterocycles. The summed E-state index contributed by atoms with van der Waals surface area (Å²) in [7, 11) is 1.56. The zero-order chi connectivity index (χ0) is 24.9. The number of amidine groups is 1. The molecule has 1 N–H and O–H groups in total. The quantitative estimate of drug-likeness (QED) is 0.480. The number of thioether (sulfide) groups is 1. The third-order valence-electron chi connectivity index (χ3n) is 5.15. The van der Waals surface area contributed by atoms with E-state index < -0.39 is 0 Å². The van der Waals surface area contributed by atoms with Crippen molar-refractivity contribution < 1.29 is 18.8 Å². The highest BCUT2D eigenvalue weighted by atomic mass is 32.2. The highest BCUT2D eigenvalue weighted by Gasteiger charge is 2.32. The molecule has 1 aliphatic rings. The van der Waals surface area contributed by atoms with E-state index in [9.17, 15) is 9.59 Å². The van der Waals surface area contributed by atoms with Crippen LogP contribution in [0.3, 0.4) is 0 Å². The van der Waals surface area contributed by atoms with Gasteiger partial charge >= 0.3 is 6.01 Å². The number of aliphatic imine (C=N–C) groups is 1. The van der Waals surface area contributed by atoms with Crippen LogP contribution in [-0.4, -0.2) is 40.0 Å². The Kier molecular flexibility index (Phi) is 7.31. The molecule has 0 spiro atoms. The molecule has 9 nitrogen and oxygen atoms in total. The monoisotopic (exact) mass is 491 g/mol. The topological polar surface area (TPSA) is 110 Å². The maximum absolute atomic E-state index is 13.4. The highest BCUT2D eigenvalue weighted by Crippen LogP contribution is 2.31. The zero-order valence-electron chi connectivity index (χ0n) is 19.8. The Morgan fingerprint density at radius 3 is 2.66 bits per heavy atom. The average molecular weight is 492 g/mol. The number of aromatic nitrogens is 2. The maximum atomic E-state index is 13.4. The van der Waals surface area contributed by atoms with Crippen LogP contribution in [0, 0.1) is 6.92 Å². The number of rotatable bonds is 7. The first-order valence-corrected chi connectivity index (χ1v) is 11.9. The van der Waals surface area contributed by atoms with E-state index >= 15 is 0 Å². The number of hydrogen-bond acceptors (Lipinski definition) is 8. The van der Waals surface area contributed by atoms with Crippen LogP contribution in [-0.2, 0) is 9.59 Å². The lowest BCUT2D eigenvalue weighted by Gasteiger charge is -2.18. The number of carbonyl (C=O) groups excluding carboxylic acids is 2. The van der Waals surface area contributed by atoms with Gasteiger partial charge < -0.3 is 9.26 Å². The van der Waals surface area contributed by atoms with Crippen molar-refractivity contribution in [1.82, 2.24) is 10.1 Å². The van der Waals surface area contributed by atoms with E-state index in [-0.39, 0.29) is 29.3 Å². The van der Waals surface area contributed by atoms with Crippen LogP contribution in [0.4, 0.5) is 11.7 Å². The average Bonchev–Trinajstić information content (AvgIpc) is 3.40. The van der Waals surface area contributed by atoms with Gasteiger partial charge in [-0.05, 0) is 42.2 Å². The van der Waals surface area contributed by atoms with Crippen LogP contribution < -0.4 is 15.0 Å². The Morgan fingerprint density at radius 2 is 2.00 bits per heavy atom. The fraction of sp³-hybridized carbons (Fsp3) is 0.240. The van der Waals surface area contributed by atoms with Gasteiger partial charge in [-0.3, -0.25) is 19.8 Å². The van der Waals surface area contributed by atoms with Gasteiger partial charge in [0.2, 0.25) is 5.91 Å². The third kappa shape index (κ3) is 5.78. The summed E-state index contributed by atoms with van der Waals surface area (Å²) in [6.45, 7) is 5.91. The molecule has 0 saturated heterocycles. The Hall–Kier alpha value is -3.92. The number of aryl methyl sites for hydroxylation is 1. The molecule has 2 aromatic carbocycles. The third-order valence-corrected chi connectivity index (χ3v) is 6.09. The van der Waals surface area contributed by atoms with Crippen molar-refractivity contribution in [3.05, 3.63) is 71.2 Å². The second-order valence-corrected chi connectivity index (χ2v) is 9.01. The van der Waals surface area contributed by atoms with Crippen molar-refractivity contribution in [1.29, 1.82) is 0 Å². The first-order chi connectivity index (χ1) is 16.8. The summed E-state index contributed by atoms with van der Waals surface area (Å²) in [6, 6.07) is 15.2. The number of anilines is 2. The SMILES string of the molecule is COc1cccc(N2C(=O)/C(=C/c3ccc(C(C)C)cc3)N=C2SCC(=O)Nc2nc(C)no2)c1. The standard InChI is InChI=1S/C25H25N5O4S/c1-15(2)18-10-8-17(9-11-18)12-21-23(32)30(19-6-5-7-20(13-19)33-4)25(27-21)35-14-22(31)28-24-26-16(3)29-34-24/h5-13,15H,14H2,1-4H3,(H,26,28,29,31)/b21-12-. The number of carbonyl (C=O) groups is 2. The van der Waals surface area contributed by atoms with E-state index in [2.05, 4.69) is 34.3 Å². The fourth-order valence-electron chi connectivity index (χ4n) is 3.34. The van der Waals surface area contributed by atoms with Crippen LogP contribution in [0.2, 0.25) is 0 Å². The molecule has 0 aliphatic carbocycles. The lowest BCUT2D eigenvalue weighted by atomic mass is 10.0. The normalized spacial score (nSPS) is 14.5. The molecule has 4 rings (SSSR count). The van der Waals surface area contributed by atoms with Crippen molar-refractivity contribution in [2.75, 3.05) is 23.1 Å². The summed E-state index contributed by atoms with van der Waals surface area (Å²) in [4.78, 5) is 35.8. The van der Waals surface area contributed by atoms with Gasteiger partial charge in [0.25, 0.3) is 5.91 Å². The van der Waals surface area contributed by atoms with E-state index in [4.69, 9.17) is 9.26 Å². The number of benzene rings is 2. The number of amides is 2. The molecule has 180 valence electrons. The molecular formula is C25H25N5O4S. The van der Waals surface area contributed by atoms with Crippen molar-refractivity contribution in [2.24, 2.45) is 4.99 Å². The van der Waals surface area contributed by atoms with Crippen molar-refractivity contribution >= 4 is 46.5 Å². The molecule has 0 radical (unpaired) electrons. The molecule has 1 aromatic heterocycles. The number of ether oxygens (including phenoxy) is 1. The molecule has 0 fully saturated rings. The summed E-state index contributed by atoms with van der Waals surface area (Å²) in [5.74, 6) is 0.772. The van der Waals surface area contributed by atoms with E-state index in [1.54, 1.807) is 44.4 Å². The van der Waals surface area contributed by atoms with Crippen LogP contribution >= 0.6 is 11.8 Å². The van der Waals surface area contributed by atoms with Crippen molar-refractivity contribution in [3.63, 3.8) is 0 Å². The van der Waals surface area contributed by atoms with Gasteiger partial charge in [-0.2, -0.15) is 4.98 Å². The molecule has 0 bridgehead atoms. The van der Waals surface area contributed by atoms with Gasteiger partial charge in [0.05, 0.1) is 18.6 Å². The largest absolute Gasteiger partial charge is 0.497 e. The Morgan fingerprint density at radius 1 is 1.23 bits per heavy atom. The molecule has 1 aliphatic heterocycles.